The number of nitrogens with zero attached hydrogens (tertiary/aromatic N) is 2. The summed E-state index contributed by atoms with van der Waals surface area (Å²) < 4.78 is 1.82. The summed E-state index contributed by atoms with van der Waals surface area (Å²) in [6.45, 7) is 8.63. The molecule has 0 spiro atoms. The topological polar surface area (TPSA) is 38.4 Å². The molecule has 0 aliphatic carbocycles. The van der Waals surface area contributed by atoms with Gasteiger partial charge in [-0.25, -0.2) is 0 Å². The van der Waals surface area contributed by atoms with Crippen LogP contribution in [0.2, 0.25) is 0 Å². The number of benzene rings is 1. The first kappa shape index (κ1) is 12.9. The Bertz CT molecular complexity index is 677. The number of hydrogen-bond acceptors (Lipinski definition) is 2. The van der Waals surface area contributed by atoms with Crippen molar-refractivity contribution < 1.29 is 4.79 Å². The third kappa shape index (κ3) is 2.23. The van der Waals surface area contributed by atoms with Gasteiger partial charge in [-0.15, -0.1) is 0 Å². The number of carbonyl (C=O) groups excluding carboxylic acids is 1. The third-order valence-corrected chi connectivity index (χ3v) is 3.17. The normalized spacial score (nSPS) is 10.0. The Labute approximate surface area is 112 Å². The largest absolute Gasteiger partial charge is 0.388 e. The Morgan fingerprint density at radius 1 is 1.32 bits per heavy atom. The van der Waals surface area contributed by atoms with Gasteiger partial charge >= 0.3 is 0 Å². The van der Waals surface area contributed by atoms with Gasteiger partial charge in [-0.3, -0.25) is 9.36 Å². The second-order valence-corrected chi connectivity index (χ2v) is 4.31. The van der Waals surface area contributed by atoms with Gasteiger partial charge < -0.3 is 10.2 Å². The summed E-state index contributed by atoms with van der Waals surface area (Å²) in [6, 6.07) is 9.36. The molecule has 0 unspecified atom stereocenters. The summed E-state index contributed by atoms with van der Waals surface area (Å²) in [6.07, 6.45) is 0. The van der Waals surface area contributed by atoms with Crippen LogP contribution in [0.1, 0.15) is 17.3 Å². The van der Waals surface area contributed by atoms with Crippen molar-refractivity contribution in [2.24, 2.45) is 7.05 Å². The zero-order valence-corrected chi connectivity index (χ0v) is 11.2. The maximum atomic E-state index is 11.7. The van der Waals surface area contributed by atoms with Crippen LogP contribution in [0.25, 0.3) is 16.1 Å². The molecule has 4 nitrogen and oxygen atoms in total. The highest BCUT2D eigenvalue weighted by Crippen LogP contribution is 2.29. The maximum Gasteiger partial charge on any atom is 0.230 e. The Morgan fingerprint density at radius 3 is 2.58 bits per heavy atom. The van der Waals surface area contributed by atoms with Crippen molar-refractivity contribution in [1.82, 2.24) is 4.57 Å². The molecule has 2 aromatic rings. The predicted molar refractivity (Wildman–Crippen MR) is 76.7 cm³/mol. The van der Waals surface area contributed by atoms with E-state index in [1.54, 1.807) is 20.0 Å². The molecule has 0 radical (unpaired) electrons. The minimum absolute atomic E-state index is 0.0193. The fourth-order valence-electron chi connectivity index (χ4n) is 2.12. The number of Topliss-reactive ketones (excluding diaryl/α,β-unsaturated/α-hetero) is 1. The molecular weight excluding hydrogens is 238 g/mol. The Hall–Kier alpha value is -2.54. The van der Waals surface area contributed by atoms with Gasteiger partial charge in [0.25, 0.3) is 0 Å². The number of carbonyl (C=O) groups is 1. The van der Waals surface area contributed by atoms with Crippen molar-refractivity contribution in [3.63, 3.8) is 0 Å². The van der Waals surface area contributed by atoms with E-state index in [0.717, 1.165) is 16.9 Å². The van der Waals surface area contributed by atoms with E-state index in [2.05, 4.69) is 10.2 Å². The molecule has 1 heterocycles. The molecule has 19 heavy (non-hydrogen) atoms. The Kier molecular flexibility index (Phi) is 3.39. The van der Waals surface area contributed by atoms with Crippen LogP contribution in [0.3, 0.4) is 0 Å². The summed E-state index contributed by atoms with van der Waals surface area (Å²) in [5, 5.41) is 3.01. The predicted octanol–water partition coefficient (Wildman–Crippen LogP) is 3.49. The van der Waals surface area contributed by atoms with Crippen molar-refractivity contribution in [1.29, 1.82) is 0 Å². The van der Waals surface area contributed by atoms with E-state index in [0.29, 0.717) is 11.4 Å². The molecule has 0 saturated heterocycles. The molecule has 0 atom stereocenters. The van der Waals surface area contributed by atoms with E-state index in [4.69, 9.17) is 6.57 Å². The SMILES string of the molecule is [C-]#[N+]c1ccc(-c2ccc(NC)c(C(C)=O)c2)n1C. The molecule has 1 N–H and O–H groups in total. The summed E-state index contributed by atoms with van der Waals surface area (Å²) >= 11 is 0. The lowest BCUT2D eigenvalue weighted by Gasteiger charge is -2.09. The van der Waals surface area contributed by atoms with Crippen LogP contribution in [0.15, 0.2) is 30.3 Å². The van der Waals surface area contributed by atoms with Gasteiger partial charge in [0.15, 0.2) is 5.78 Å². The molecule has 2 rings (SSSR count). The van der Waals surface area contributed by atoms with Crippen LogP contribution in [-0.4, -0.2) is 17.4 Å². The lowest BCUT2D eigenvalue weighted by molar-refractivity contribution is 0.101. The van der Waals surface area contributed by atoms with Crippen molar-refractivity contribution in [2.45, 2.75) is 6.92 Å². The third-order valence-electron chi connectivity index (χ3n) is 3.17. The zero-order valence-electron chi connectivity index (χ0n) is 11.2. The fourth-order valence-corrected chi connectivity index (χ4v) is 2.12. The molecular formula is C15H15N3O. The smallest absolute Gasteiger partial charge is 0.230 e. The van der Waals surface area contributed by atoms with Gasteiger partial charge in [-0.1, -0.05) is 6.57 Å². The number of rotatable bonds is 3. The van der Waals surface area contributed by atoms with Gasteiger partial charge in [0.1, 0.15) is 5.69 Å². The first-order valence-electron chi connectivity index (χ1n) is 5.94. The minimum Gasteiger partial charge on any atom is -0.388 e. The monoisotopic (exact) mass is 253 g/mol. The van der Waals surface area contributed by atoms with Crippen LogP contribution in [-0.2, 0) is 7.05 Å². The molecule has 96 valence electrons. The molecule has 1 aromatic heterocycles. The summed E-state index contributed by atoms with van der Waals surface area (Å²) in [4.78, 5) is 15.1. The quantitative estimate of drug-likeness (QED) is 0.671. The van der Waals surface area contributed by atoms with Crippen molar-refractivity contribution in [3.8, 4) is 11.3 Å². The van der Waals surface area contributed by atoms with Crippen molar-refractivity contribution in [3.05, 3.63) is 47.3 Å². The zero-order chi connectivity index (χ0) is 14.0. The molecule has 1 aromatic carbocycles. The van der Waals surface area contributed by atoms with Gasteiger partial charge in [-0.2, -0.15) is 0 Å². The Balaban J connectivity index is 2.58. The highest BCUT2D eigenvalue weighted by Gasteiger charge is 2.13. The standard InChI is InChI=1S/C15H15N3O/c1-10(19)12-9-11(5-6-13(12)16-2)14-7-8-15(17-3)18(14)4/h5-9,16H,1-2,4H3. The van der Waals surface area contributed by atoms with Crippen LogP contribution >= 0.6 is 0 Å². The van der Waals surface area contributed by atoms with Crippen molar-refractivity contribution >= 4 is 17.3 Å². The van der Waals surface area contributed by atoms with E-state index < -0.39 is 0 Å². The number of ketones is 1. The molecule has 0 saturated carbocycles. The second kappa shape index (κ2) is 4.99. The first-order chi connectivity index (χ1) is 9.08. The second-order valence-electron chi connectivity index (χ2n) is 4.31. The summed E-state index contributed by atoms with van der Waals surface area (Å²) in [7, 11) is 3.64. The van der Waals surface area contributed by atoms with Crippen LogP contribution in [0.4, 0.5) is 11.5 Å². The Morgan fingerprint density at radius 2 is 2.05 bits per heavy atom. The highest BCUT2D eigenvalue weighted by atomic mass is 16.1. The average Bonchev–Trinajstić information content (AvgIpc) is 2.79. The molecule has 0 aliphatic heterocycles. The molecule has 0 aliphatic rings. The van der Waals surface area contributed by atoms with Gasteiger partial charge in [0.2, 0.25) is 5.82 Å². The molecule has 0 bridgehead atoms. The van der Waals surface area contributed by atoms with E-state index in [1.807, 2.05) is 35.9 Å². The highest BCUT2D eigenvalue weighted by molar-refractivity contribution is 6.00. The summed E-state index contributed by atoms with van der Waals surface area (Å²) in [5.41, 5.74) is 3.33. The first-order valence-corrected chi connectivity index (χ1v) is 5.94. The van der Waals surface area contributed by atoms with Crippen LogP contribution < -0.4 is 5.32 Å². The fraction of sp³-hybridized carbons (Fsp3) is 0.200. The summed E-state index contributed by atoms with van der Waals surface area (Å²) in [5.74, 6) is 0.600. The minimum atomic E-state index is 0.0193. The number of hydrogen-bond donors (Lipinski definition) is 1. The van der Waals surface area contributed by atoms with Crippen LogP contribution in [0, 0.1) is 6.57 Å². The molecule has 0 fully saturated rings. The van der Waals surface area contributed by atoms with Gasteiger partial charge in [-0.05, 0) is 37.3 Å². The van der Waals surface area contributed by atoms with E-state index >= 15 is 0 Å². The van der Waals surface area contributed by atoms with Gasteiger partial charge in [0, 0.05) is 23.9 Å². The number of nitrogens with one attached hydrogen (secondary N) is 1. The average molecular weight is 253 g/mol. The molecule has 4 heteroatoms. The van der Waals surface area contributed by atoms with Crippen LogP contribution in [0.5, 0.6) is 0 Å². The van der Waals surface area contributed by atoms with E-state index in [9.17, 15) is 4.79 Å². The van der Waals surface area contributed by atoms with E-state index in [1.165, 1.54) is 0 Å². The lowest BCUT2D eigenvalue weighted by Crippen LogP contribution is -2.01. The van der Waals surface area contributed by atoms with Crippen molar-refractivity contribution in [2.75, 3.05) is 12.4 Å². The maximum absolute atomic E-state index is 11.7. The van der Waals surface area contributed by atoms with E-state index in [-0.39, 0.29) is 5.78 Å². The van der Waals surface area contributed by atoms with Gasteiger partial charge in [0.05, 0.1) is 7.05 Å². The lowest BCUT2D eigenvalue weighted by atomic mass is 10.0. The number of aromatic nitrogens is 1. The number of anilines is 1. The molecule has 0 amide bonds.